The van der Waals surface area contributed by atoms with E-state index in [1.54, 1.807) is 0 Å². The largest absolute Gasteiger partial charge is 0.265 e. The minimum Gasteiger partial charge on any atom is -0.265 e. The highest BCUT2D eigenvalue weighted by atomic mass is 14.8. The van der Waals surface area contributed by atoms with Crippen molar-refractivity contribution in [3.63, 3.8) is 0 Å². The summed E-state index contributed by atoms with van der Waals surface area (Å²) in [5, 5.41) is 2.17. The molecule has 190 valence electrons. The normalized spacial score (nSPS) is 11.2. The van der Waals surface area contributed by atoms with Gasteiger partial charge in [0.25, 0.3) is 0 Å². The Kier molecular flexibility index (Phi) is 6.27. The maximum absolute atomic E-state index is 5.11. The van der Waals surface area contributed by atoms with Gasteiger partial charge in [-0.1, -0.05) is 72.8 Å². The number of hydrogen-bond donors (Lipinski definition) is 0. The van der Waals surface area contributed by atoms with Crippen LogP contribution in [0.4, 0.5) is 0 Å². The van der Waals surface area contributed by atoms with E-state index in [-0.39, 0.29) is 0 Å². The molecule has 3 aromatic carbocycles. The third-order valence-corrected chi connectivity index (χ3v) is 7.33. The van der Waals surface area contributed by atoms with E-state index in [4.69, 9.17) is 9.97 Å². The van der Waals surface area contributed by atoms with E-state index in [1.165, 1.54) is 22.3 Å². The van der Waals surface area contributed by atoms with Crippen LogP contribution in [-0.2, 0) is 12.8 Å². The summed E-state index contributed by atoms with van der Waals surface area (Å²) in [5.41, 5.74) is 11.0. The number of pyridine rings is 4. The van der Waals surface area contributed by atoms with Gasteiger partial charge in [-0.25, -0.2) is 9.97 Å². The molecule has 0 fully saturated rings. The summed E-state index contributed by atoms with van der Waals surface area (Å²) in [6, 6.07) is 38.3. The summed E-state index contributed by atoms with van der Waals surface area (Å²) in [7, 11) is 0. The van der Waals surface area contributed by atoms with E-state index in [0.29, 0.717) is 0 Å². The van der Waals surface area contributed by atoms with E-state index < -0.39 is 0 Å². The number of fused-ring (bicyclic) bond motifs is 3. The number of rotatable bonds is 6. The quantitative estimate of drug-likeness (QED) is 0.210. The second-order valence-electron chi connectivity index (χ2n) is 10.1. The van der Waals surface area contributed by atoms with Crippen molar-refractivity contribution in [1.82, 2.24) is 19.9 Å². The van der Waals surface area contributed by atoms with Gasteiger partial charge in [-0.15, -0.1) is 0 Å². The van der Waals surface area contributed by atoms with Crippen molar-refractivity contribution in [2.45, 2.75) is 12.8 Å². The van der Waals surface area contributed by atoms with Gasteiger partial charge in [0, 0.05) is 46.7 Å². The molecule has 4 aromatic heterocycles. The molecule has 4 nitrogen and oxygen atoms in total. The molecule has 7 aromatic rings. The van der Waals surface area contributed by atoms with Crippen molar-refractivity contribution >= 4 is 21.8 Å². The maximum atomic E-state index is 5.11. The fourth-order valence-electron chi connectivity index (χ4n) is 5.15. The highest BCUT2D eigenvalue weighted by Crippen LogP contribution is 2.29. The molecule has 0 aliphatic carbocycles. The van der Waals surface area contributed by atoms with Gasteiger partial charge >= 0.3 is 0 Å². The van der Waals surface area contributed by atoms with Gasteiger partial charge in [-0.2, -0.15) is 0 Å². The van der Waals surface area contributed by atoms with Crippen molar-refractivity contribution in [3.05, 3.63) is 156 Å². The fraction of sp³-hybridized carbons (Fsp3) is 0.0556. The predicted molar refractivity (Wildman–Crippen MR) is 162 cm³/mol. The molecule has 0 amide bonds. The average Bonchev–Trinajstić information content (AvgIpc) is 3.02. The number of aromatic nitrogens is 4. The van der Waals surface area contributed by atoms with Crippen LogP contribution in [0.5, 0.6) is 0 Å². The van der Waals surface area contributed by atoms with Gasteiger partial charge in [0.1, 0.15) is 0 Å². The van der Waals surface area contributed by atoms with E-state index in [0.717, 1.165) is 57.2 Å². The minimum absolute atomic E-state index is 0.885. The van der Waals surface area contributed by atoms with Crippen LogP contribution in [-0.4, -0.2) is 19.9 Å². The van der Waals surface area contributed by atoms with Crippen LogP contribution in [0.25, 0.3) is 44.3 Å². The Morgan fingerprint density at radius 3 is 1.10 bits per heavy atom. The molecule has 0 aliphatic rings. The zero-order chi connectivity index (χ0) is 26.7. The smallest absolute Gasteiger partial charge is 0.0972 e. The molecule has 0 spiro atoms. The minimum atomic E-state index is 0.885. The zero-order valence-corrected chi connectivity index (χ0v) is 21.9. The first kappa shape index (κ1) is 23.9. The molecule has 0 aliphatic heterocycles. The molecule has 40 heavy (non-hydrogen) atoms. The van der Waals surface area contributed by atoms with Crippen molar-refractivity contribution in [2.24, 2.45) is 0 Å². The van der Waals surface area contributed by atoms with Crippen molar-refractivity contribution in [2.75, 3.05) is 0 Å². The lowest BCUT2D eigenvalue weighted by molar-refractivity contribution is 1.16. The summed E-state index contributed by atoms with van der Waals surface area (Å²) in [6.45, 7) is 0. The summed E-state index contributed by atoms with van der Waals surface area (Å²) in [4.78, 5) is 18.4. The molecule has 7 rings (SSSR count). The summed E-state index contributed by atoms with van der Waals surface area (Å²) >= 11 is 0. The fourth-order valence-corrected chi connectivity index (χ4v) is 5.15. The average molecular weight is 515 g/mol. The van der Waals surface area contributed by atoms with Gasteiger partial charge in [-0.3, -0.25) is 9.97 Å². The molecular weight excluding hydrogens is 488 g/mol. The molecule has 0 N–H and O–H groups in total. The van der Waals surface area contributed by atoms with Crippen molar-refractivity contribution in [3.8, 4) is 22.5 Å². The second kappa shape index (κ2) is 10.5. The van der Waals surface area contributed by atoms with Gasteiger partial charge < -0.3 is 0 Å². The molecule has 0 atom stereocenters. The third kappa shape index (κ3) is 4.95. The Labute approximate surface area is 233 Å². The monoisotopic (exact) mass is 514 g/mol. The topological polar surface area (TPSA) is 51.6 Å². The van der Waals surface area contributed by atoms with Crippen LogP contribution in [0.3, 0.4) is 0 Å². The molecular formula is C36H26N4. The number of benzene rings is 3. The Morgan fingerprint density at radius 1 is 0.350 bits per heavy atom. The summed E-state index contributed by atoms with van der Waals surface area (Å²) in [6.07, 6.45) is 9.13. The van der Waals surface area contributed by atoms with Crippen LogP contribution in [0.15, 0.2) is 134 Å². The summed E-state index contributed by atoms with van der Waals surface area (Å²) < 4.78 is 0. The van der Waals surface area contributed by atoms with Crippen molar-refractivity contribution in [1.29, 1.82) is 0 Å². The second-order valence-corrected chi connectivity index (χ2v) is 10.1. The molecule has 4 heterocycles. The zero-order valence-electron chi connectivity index (χ0n) is 21.9. The SMILES string of the molecule is c1cc(Cc2ccc(-c3ccc4ccc5ccc(-c6ccc(Cc7ccncc7)cc6)nc5c4n3)cc2)ccn1. The lowest BCUT2D eigenvalue weighted by atomic mass is 10.0. The van der Waals surface area contributed by atoms with E-state index >= 15 is 0 Å². The molecule has 0 saturated heterocycles. The van der Waals surface area contributed by atoms with Crippen LogP contribution < -0.4 is 0 Å². The Bertz CT molecular complexity index is 1770. The van der Waals surface area contributed by atoms with E-state index in [1.807, 2.05) is 24.8 Å². The Balaban J connectivity index is 1.20. The third-order valence-electron chi connectivity index (χ3n) is 7.33. The van der Waals surface area contributed by atoms with Gasteiger partial charge in [0.05, 0.1) is 22.4 Å². The molecule has 0 unspecified atom stereocenters. The molecule has 0 radical (unpaired) electrons. The number of nitrogens with zero attached hydrogens (tertiary/aromatic N) is 4. The standard InChI is InChI=1S/C36H26N4/c1-5-29(6-2-25(1)23-27-15-19-37-20-16-27)33-13-11-31-9-10-32-12-14-34(40-36(32)35(31)39-33)30-7-3-26(4-8-30)24-28-17-21-38-22-18-28/h1-22H,23-24H2. The summed E-state index contributed by atoms with van der Waals surface area (Å²) in [5.74, 6) is 0. The first-order valence-electron chi connectivity index (χ1n) is 13.5. The van der Waals surface area contributed by atoms with Gasteiger partial charge in [-0.05, 0) is 71.5 Å². The number of hydrogen-bond acceptors (Lipinski definition) is 4. The van der Waals surface area contributed by atoms with Crippen molar-refractivity contribution < 1.29 is 0 Å². The molecule has 4 heteroatoms. The van der Waals surface area contributed by atoms with E-state index in [9.17, 15) is 0 Å². The Morgan fingerprint density at radius 2 is 0.700 bits per heavy atom. The lowest BCUT2D eigenvalue weighted by Crippen LogP contribution is -1.92. The van der Waals surface area contributed by atoms with Gasteiger partial charge in [0.2, 0.25) is 0 Å². The highest BCUT2D eigenvalue weighted by Gasteiger charge is 2.09. The highest BCUT2D eigenvalue weighted by molar-refractivity contribution is 6.04. The lowest BCUT2D eigenvalue weighted by Gasteiger charge is -2.09. The first-order chi connectivity index (χ1) is 19.8. The molecule has 0 saturated carbocycles. The molecule has 0 bridgehead atoms. The van der Waals surface area contributed by atoms with Crippen LogP contribution >= 0.6 is 0 Å². The van der Waals surface area contributed by atoms with Crippen LogP contribution in [0.1, 0.15) is 22.3 Å². The van der Waals surface area contributed by atoms with Gasteiger partial charge in [0.15, 0.2) is 0 Å². The Hall–Kier alpha value is -5.22. The predicted octanol–water partition coefficient (Wildman–Crippen LogP) is 8.09. The first-order valence-corrected chi connectivity index (χ1v) is 13.5. The van der Waals surface area contributed by atoms with E-state index in [2.05, 4.69) is 119 Å². The maximum Gasteiger partial charge on any atom is 0.0972 e. The van der Waals surface area contributed by atoms with Crippen LogP contribution in [0, 0.1) is 0 Å². The van der Waals surface area contributed by atoms with Crippen LogP contribution in [0.2, 0.25) is 0 Å².